The zero-order valence-corrected chi connectivity index (χ0v) is 15.6. The first-order valence-electron chi connectivity index (χ1n) is 7.37. The molecule has 2 atom stereocenters. The number of carbonyl (C=O) groups is 3. The lowest BCUT2D eigenvalue weighted by Gasteiger charge is -2.30. The van der Waals surface area contributed by atoms with E-state index in [2.05, 4.69) is 10.6 Å². The first-order valence-corrected chi connectivity index (χ1v) is 8.13. The van der Waals surface area contributed by atoms with E-state index in [-0.39, 0.29) is 28.6 Å². The Morgan fingerprint density at radius 2 is 1.96 bits per heavy atom. The second-order valence-corrected chi connectivity index (χ2v) is 6.64. The summed E-state index contributed by atoms with van der Waals surface area (Å²) in [4.78, 5) is 35.5. The van der Waals surface area contributed by atoms with Gasteiger partial charge in [0, 0.05) is 7.11 Å². The first kappa shape index (κ1) is 21.2. The first-order chi connectivity index (χ1) is 11.6. The van der Waals surface area contributed by atoms with Crippen molar-refractivity contribution in [2.75, 3.05) is 13.7 Å². The number of nitrogens with one attached hydrogen (secondary N) is 2. The van der Waals surface area contributed by atoms with Crippen molar-refractivity contribution in [2.24, 2.45) is 0 Å². The molecule has 0 saturated carbocycles. The van der Waals surface area contributed by atoms with E-state index in [1.54, 1.807) is 19.1 Å². The minimum absolute atomic E-state index is 0.00578. The van der Waals surface area contributed by atoms with Crippen molar-refractivity contribution >= 4 is 41.0 Å². The summed E-state index contributed by atoms with van der Waals surface area (Å²) in [6.45, 7) is 3.02. The molecule has 0 fully saturated rings. The van der Waals surface area contributed by atoms with E-state index < -0.39 is 29.4 Å². The fraction of sp³-hybridized carbons (Fsp3) is 0.438. The van der Waals surface area contributed by atoms with Crippen molar-refractivity contribution < 1.29 is 24.2 Å². The Morgan fingerprint density at radius 3 is 2.52 bits per heavy atom. The lowest BCUT2D eigenvalue weighted by atomic mass is 9.98. The number of hydrogen-bond acceptors (Lipinski definition) is 4. The predicted molar refractivity (Wildman–Crippen MR) is 94.1 cm³/mol. The van der Waals surface area contributed by atoms with Crippen LogP contribution in [0.3, 0.4) is 0 Å². The van der Waals surface area contributed by atoms with Crippen molar-refractivity contribution in [3.05, 3.63) is 33.8 Å². The van der Waals surface area contributed by atoms with E-state index in [1.807, 2.05) is 0 Å². The molecule has 0 aromatic heterocycles. The molecule has 0 aliphatic heterocycles. The average Bonchev–Trinajstić information content (AvgIpc) is 2.48. The average molecular weight is 391 g/mol. The van der Waals surface area contributed by atoms with Crippen LogP contribution in [0.4, 0.5) is 0 Å². The molecule has 25 heavy (non-hydrogen) atoms. The molecule has 3 N–H and O–H groups in total. The predicted octanol–water partition coefficient (Wildman–Crippen LogP) is 2.11. The molecule has 0 bridgehead atoms. The SMILES string of the molecule is COCC(C)(CC(=O)O)NC(=O)C(C)NC(=O)c1cccc(Cl)c1Cl. The Kier molecular flexibility index (Phi) is 7.66. The maximum atomic E-state index is 12.3. The molecule has 0 aliphatic rings. The zero-order chi connectivity index (χ0) is 19.2. The van der Waals surface area contributed by atoms with E-state index in [0.29, 0.717) is 0 Å². The van der Waals surface area contributed by atoms with Gasteiger partial charge in [-0.3, -0.25) is 14.4 Å². The van der Waals surface area contributed by atoms with E-state index in [1.165, 1.54) is 20.1 Å². The van der Waals surface area contributed by atoms with Gasteiger partial charge in [-0.2, -0.15) is 0 Å². The largest absolute Gasteiger partial charge is 0.481 e. The second kappa shape index (κ2) is 9.03. The molecular formula is C16H20Cl2N2O5. The van der Waals surface area contributed by atoms with Gasteiger partial charge >= 0.3 is 5.97 Å². The highest BCUT2D eigenvalue weighted by atomic mass is 35.5. The molecule has 0 radical (unpaired) electrons. The van der Waals surface area contributed by atoms with Crippen LogP contribution < -0.4 is 10.6 Å². The van der Waals surface area contributed by atoms with Gasteiger partial charge in [0.25, 0.3) is 5.91 Å². The molecule has 1 rings (SSSR count). The smallest absolute Gasteiger partial charge is 0.305 e. The normalized spacial score (nSPS) is 14.3. The summed E-state index contributed by atoms with van der Waals surface area (Å²) in [5, 5.41) is 14.4. The lowest BCUT2D eigenvalue weighted by Crippen LogP contribution is -2.56. The summed E-state index contributed by atoms with van der Waals surface area (Å²) >= 11 is 11.8. The molecular weight excluding hydrogens is 371 g/mol. The van der Waals surface area contributed by atoms with Gasteiger partial charge < -0.3 is 20.5 Å². The molecule has 0 aliphatic carbocycles. The zero-order valence-electron chi connectivity index (χ0n) is 14.1. The van der Waals surface area contributed by atoms with Gasteiger partial charge in [0.15, 0.2) is 0 Å². The fourth-order valence-corrected chi connectivity index (χ4v) is 2.59. The van der Waals surface area contributed by atoms with Crippen LogP contribution >= 0.6 is 23.2 Å². The Labute approximate surface area is 155 Å². The summed E-state index contributed by atoms with van der Waals surface area (Å²) in [6, 6.07) is 3.66. The van der Waals surface area contributed by atoms with Gasteiger partial charge in [-0.05, 0) is 26.0 Å². The highest BCUT2D eigenvalue weighted by Gasteiger charge is 2.31. The summed E-state index contributed by atoms with van der Waals surface area (Å²) in [5.74, 6) is -2.20. The number of carboxylic acid groups (broad SMARTS) is 1. The summed E-state index contributed by atoms with van der Waals surface area (Å²) < 4.78 is 4.97. The summed E-state index contributed by atoms with van der Waals surface area (Å²) in [7, 11) is 1.40. The van der Waals surface area contributed by atoms with Crippen LogP contribution in [0, 0.1) is 0 Å². The third kappa shape index (κ3) is 6.19. The molecule has 7 nitrogen and oxygen atoms in total. The van der Waals surface area contributed by atoms with Crippen LogP contribution in [0.15, 0.2) is 18.2 Å². The van der Waals surface area contributed by atoms with E-state index in [9.17, 15) is 14.4 Å². The number of rotatable bonds is 8. The Balaban J connectivity index is 2.80. The second-order valence-electron chi connectivity index (χ2n) is 5.85. The lowest BCUT2D eigenvalue weighted by molar-refractivity contribution is -0.139. The van der Waals surface area contributed by atoms with Gasteiger partial charge in [-0.15, -0.1) is 0 Å². The van der Waals surface area contributed by atoms with Crippen LogP contribution in [0.25, 0.3) is 0 Å². The maximum absolute atomic E-state index is 12.3. The monoisotopic (exact) mass is 390 g/mol. The highest BCUT2D eigenvalue weighted by Crippen LogP contribution is 2.25. The molecule has 1 aromatic rings. The highest BCUT2D eigenvalue weighted by molar-refractivity contribution is 6.43. The quantitative estimate of drug-likeness (QED) is 0.630. The Morgan fingerprint density at radius 1 is 1.32 bits per heavy atom. The number of aliphatic carboxylic acids is 1. The number of hydrogen-bond donors (Lipinski definition) is 3. The van der Waals surface area contributed by atoms with Crippen molar-refractivity contribution in [1.29, 1.82) is 0 Å². The van der Waals surface area contributed by atoms with Gasteiger partial charge in [0.05, 0.1) is 34.2 Å². The minimum atomic E-state index is -1.11. The third-order valence-corrected chi connectivity index (χ3v) is 4.19. The molecule has 138 valence electrons. The third-order valence-electron chi connectivity index (χ3n) is 3.37. The molecule has 0 saturated heterocycles. The number of halogens is 2. The van der Waals surface area contributed by atoms with Crippen LogP contribution in [0.2, 0.25) is 10.0 Å². The van der Waals surface area contributed by atoms with Crippen LogP contribution in [0.5, 0.6) is 0 Å². The molecule has 2 amide bonds. The maximum Gasteiger partial charge on any atom is 0.305 e. The molecule has 0 heterocycles. The number of carboxylic acids is 1. The van der Waals surface area contributed by atoms with E-state index in [4.69, 9.17) is 33.0 Å². The molecule has 0 spiro atoms. The standard InChI is InChI=1S/C16H20Cl2N2O5/c1-9(14(23)20-16(2,8-25-3)7-12(21)22)19-15(24)10-5-4-6-11(17)13(10)18/h4-6,9H,7-8H2,1-3H3,(H,19,24)(H,20,23)(H,21,22). The van der Waals surface area contributed by atoms with Crippen molar-refractivity contribution in [3.63, 3.8) is 0 Å². The molecule has 1 aromatic carbocycles. The fourth-order valence-electron chi connectivity index (χ4n) is 2.21. The van der Waals surface area contributed by atoms with E-state index in [0.717, 1.165) is 0 Å². The summed E-state index contributed by atoms with van der Waals surface area (Å²) in [5.41, 5.74) is -0.969. The Bertz CT molecular complexity index is 668. The number of benzene rings is 1. The summed E-state index contributed by atoms with van der Waals surface area (Å²) in [6.07, 6.45) is -0.326. The topological polar surface area (TPSA) is 105 Å². The molecule has 9 heteroatoms. The minimum Gasteiger partial charge on any atom is -0.481 e. The van der Waals surface area contributed by atoms with Crippen LogP contribution in [-0.2, 0) is 14.3 Å². The number of amides is 2. The van der Waals surface area contributed by atoms with Crippen molar-refractivity contribution in [3.8, 4) is 0 Å². The van der Waals surface area contributed by atoms with Crippen molar-refractivity contribution in [1.82, 2.24) is 10.6 Å². The number of carbonyl (C=O) groups excluding carboxylic acids is 2. The van der Waals surface area contributed by atoms with Gasteiger partial charge in [-0.1, -0.05) is 29.3 Å². The van der Waals surface area contributed by atoms with Crippen molar-refractivity contribution in [2.45, 2.75) is 31.8 Å². The van der Waals surface area contributed by atoms with Gasteiger partial charge in [0.2, 0.25) is 5.91 Å². The van der Waals surface area contributed by atoms with Crippen LogP contribution in [-0.4, -0.2) is 48.2 Å². The van der Waals surface area contributed by atoms with Crippen LogP contribution in [0.1, 0.15) is 30.6 Å². The van der Waals surface area contributed by atoms with Gasteiger partial charge in [-0.25, -0.2) is 0 Å². The number of methoxy groups -OCH3 is 1. The number of ether oxygens (including phenoxy) is 1. The Hall–Kier alpha value is -1.83. The molecule has 2 unspecified atom stereocenters. The van der Waals surface area contributed by atoms with Gasteiger partial charge in [0.1, 0.15) is 6.04 Å². The van der Waals surface area contributed by atoms with E-state index >= 15 is 0 Å².